The molecule has 0 atom stereocenters. The number of nitrogens with zero attached hydrogens (tertiary/aromatic N) is 1. The van der Waals surface area contributed by atoms with Crippen LogP contribution >= 0.6 is 12.4 Å². The average Bonchev–Trinajstić information content (AvgIpc) is 2.27. The standard InChI is InChI=1S/C12H18N2O2.ClH/c1-9(2)16-11-6-4-10(5-7-11)14(3)12(15)8-13;/h4-7,9H,8,13H2,1-3H3;1H. The molecule has 2 N–H and O–H groups in total. The Labute approximate surface area is 108 Å². The van der Waals surface area contributed by atoms with E-state index in [0.717, 1.165) is 11.4 Å². The highest BCUT2D eigenvalue weighted by atomic mass is 35.5. The zero-order chi connectivity index (χ0) is 12.1. The van der Waals surface area contributed by atoms with Crippen molar-refractivity contribution in [2.75, 3.05) is 18.5 Å². The molecule has 1 rings (SSSR count). The van der Waals surface area contributed by atoms with Gasteiger partial charge in [0.15, 0.2) is 0 Å². The average molecular weight is 259 g/mol. The monoisotopic (exact) mass is 258 g/mol. The van der Waals surface area contributed by atoms with E-state index in [1.165, 1.54) is 4.90 Å². The van der Waals surface area contributed by atoms with Gasteiger partial charge in [-0.05, 0) is 38.1 Å². The van der Waals surface area contributed by atoms with Gasteiger partial charge < -0.3 is 15.4 Å². The molecule has 0 aliphatic carbocycles. The van der Waals surface area contributed by atoms with Gasteiger partial charge >= 0.3 is 0 Å². The lowest BCUT2D eigenvalue weighted by Gasteiger charge is -2.17. The molecule has 96 valence electrons. The van der Waals surface area contributed by atoms with Crippen molar-refractivity contribution in [2.24, 2.45) is 5.73 Å². The lowest BCUT2D eigenvalue weighted by Crippen LogP contribution is -2.32. The second-order valence-electron chi connectivity index (χ2n) is 3.82. The molecule has 17 heavy (non-hydrogen) atoms. The van der Waals surface area contributed by atoms with E-state index in [4.69, 9.17) is 10.5 Å². The van der Waals surface area contributed by atoms with Gasteiger partial charge in [0.05, 0.1) is 12.6 Å². The number of likely N-dealkylation sites (N-methyl/N-ethyl adjacent to an activating group) is 1. The van der Waals surface area contributed by atoms with Crippen molar-refractivity contribution >= 4 is 24.0 Å². The number of nitrogens with two attached hydrogens (primary N) is 1. The maximum absolute atomic E-state index is 11.3. The molecule has 4 nitrogen and oxygen atoms in total. The number of carbonyl (C=O) groups is 1. The highest BCUT2D eigenvalue weighted by molar-refractivity contribution is 5.94. The van der Waals surface area contributed by atoms with Crippen LogP contribution in [0, 0.1) is 0 Å². The van der Waals surface area contributed by atoms with E-state index in [1.807, 2.05) is 38.1 Å². The van der Waals surface area contributed by atoms with Gasteiger partial charge in [-0.2, -0.15) is 0 Å². The summed E-state index contributed by atoms with van der Waals surface area (Å²) < 4.78 is 5.51. The summed E-state index contributed by atoms with van der Waals surface area (Å²) in [6, 6.07) is 7.36. The summed E-state index contributed by atoms with van der Waals surface area (Å²) in [6.07, 6.45) is 0.147. The Bertz CT molecular complexity index is 352. The molecule has 0 heterocycles. The van der Waals surface area contributed by atoms with Gasteiger partial charge in [0.2, 0.25) is 5.91 Å². The van der Waals surface area contributed by atoms with Crippen LogP contribution in [0.4, 0.5) is 5.69 Å². The van der Waals surface area contributed by atoms with Crippen LogP contribution in [0.5, 0.6) is 5.75 Å². The van der Waals surface area contributed by atoms with Crippen LogP contribution in [0.3, 0.4) is 0 Å². The second kappa shape index (κ2) is 7.14. The zero-order valence-corrected chi connectivity index (χ0v) is 11.2. The Kier molecular flexibility index (Phi) is 6.61. The van der Waals surface area contributed by atoms with Crippen molar-refractivity contribution < 1.29 is 9.53 Å². The van der Waals surface area contributed by atoms with Crippen LogP contribution in [-0.2, 0) is 4.79 Å². The third kappa shape index (κ3) is 4.63. The normalized spacial score (nSPS) is 9.71. The summed E-state index contributed by atoms with van der Waals surface area (Å²) >= 11 is 0. The number of benzene rings is 1. The first-order chi connectivity index (χ1) is 7.54. The summed E-state index contributed by atoms with van der Waals surface area (Å²) in [6.45, 7) is 3.96. The first kappa shape index (κ1) is 15.7. The van der Waals surface area contributed by atoms with Gasteiger partial charge in [-0.1, -0.05) is 0 Å². The Morgan fingerprint density at radius 2 is 1.88 bits per heavy atom. The topological polar surface area (TPSA) is 55.6 Å². The summed E-state index contributed by atoms with van der Waals surface area (Å²) in [4.78, 5) is 12.9. The molecular formula is C12H19ClN2O2. The third-order valence-corrected chi connectivity index (χ3v) is 2.14. The van der Waals surface area contributed by atoms with Crippen molar-refractivity contribution in [1.29, 1.82) is 0 Å². The van der Waals surface area contributed by atoms with Crippen molar-refractivity contribution in [3.63, 3.8) is 0 Å². The molecule has 1 aromatic rings. The van der Waals surface area contributed by atoms with E-state index in [-0.39, 0.29) is 31.0 Å². The summed E-state index contributed by atoms with van der Waals surface area (Å²) in [5.74, 6) is 0.685. The first-order valence-electron chi connectivity index (χ1n) is 5.28. The Hall–Kier alpha value is -1.26. The maximum atomic E-state index is 11.3. The third-order valence-electron chi connectivity index (χ3n) is 2.14. The number of carbonyl (C=O) groups excluding carboxylic acids is 1. The van der Waals surface area contributed by atoms with Crippen LogP contribution in [0.15, 0.2) is 24.3 Å². The van der Waals surface area contributed by atoms with Crippen LogP contribution in [0.25, 0.3) is 0 Å². The SMILES string of the molecule is CC(C)Oc1ccc(N(C)C(=O)CN)cc1.Cl. The number of halogens is 1. The van der Waals surface area contributed by atoms with Gasteiger partial charge in [0.25, 0.3) is 0 Å². The molecule has 0 aliphatic rings. The van der Waals surface area contributed by atoms with Gasteiger partial charge in [-0.3, -0.25) is 4.79 Å². The highest BCUT2D eigenvalue weighted by Gasteiger charge is 2.08. The van der Waals surface area contributed by atoms with Gasteiger partial charge in [0, 0.05) is 12.7 Å². The molecule has 0 saturated heterocycles. The van der Waals surface area contributed by atoms with E-state index in [1.54, 1.807) is 7.05 Å². The van der Waals surface area contributed by atoms with Crippen molar-refractivity contribution in [1.82, 2.24) is 0 Å². The maximum Gasteiger partial charge on any atom is 0.240 e. The Morgan fingerprint density at radius 1 is 1.35 bits per heavy atom. The van der Waals surface area contributed by atoms with E-state index >= 15 is 0 Å². The lowest BCUT2D eigenvalue weighted by atomic mass is 10.2. The largest absolute Gasteiger partial charge is 0.491 e. The Balaban J connectivity index is 0.00000256. The quantitative estimate of drug-likeness (QED) is 0.896. The molecule has 5 heteroatoms. The molecule has 0 aliphatic heterocycles. The fraction of sp³-hybridized carbons (Fsp3) is 0.417. The van der Waals surface area contributed by atoms with E-state index in [2.05, 4.69) is 0 Å². The molecule has 0 unspecified atom stereocenters. The molecule has 0 radical (unpaired) electrons. The van der Waals surface area contributed by atoms with Crippen LogP contribution in [-0.4, -0.2) is 25.6 Å². The minimum absolute atomic E-state index is 0. The zero-order valence-electron chi connectivity index (χ0n) is 10.3. The molecule has 0 aromatic heterocycles. The highest BCUT2D eigenvalue weighted by Crippen LogP contribution is 2.19. The van der Waals surface area contributed by atoms with Gasteiger partial charge in [-0.25, -0.2) is 0 Å². The lowest BCUT2D eigenvalue weighted by molar-refractivity contribution is -0.117. The molecule has 1 amide bonds. The van der Waals surface area contributed by atoms with Crippen molar-refractivity contribution in [3.8, 4) is 5.75 Å². The summed E-state index contributed by atoms with van der Waals surface area (Å²) in [5, 5.41) is 0. The molecular weight excluding hydrogens is 240 g/mol. The van der Waals surface area contributed by atoms with Crippen LogP contribution < -0.4 is 15.4 Å². The van der Waals surface area contributed by atoms with Crippen LogP contribution in [0.1, 0.15) is 13.8 Å². The molecule has 0 spiro atoms. The number of anilines is 1. The van der Waals surface area contributed by atoms with E-state index in [0.29, 0.717) is 0 Å². The second-order valence-corrected chi connectivity index (χ2v) is 3.82. The predicted molar refractivity (Wildman–Crippen MR) is 71.9 cm³/mol. The van der Waals surface area contributed by atoms with Gasteiger partial charge in [0.1, 0.15) is 5.75 Å². The smallest absolute Gasteiger partial charge is 0.240 e. The van der Waals surface area contributed by atoms with Gasteiger partial charge in [-0.15, -0.1) is 12.4 Å². The number of ether oxygens (including phenoxy) is 1. The van der Waals surface area contributed by atoms with Crippen molar-refractivity contribution in [3.05, 3.63) is 24.3 Å². The van der Waals surface area contributed by atoms with Crippen LogP contribution in [0.2, 0.25) is 0 Å². The van der Waals surface area contributed by atoms with Crippen molar-refractivity contribution in [2.45, 2.75) is 20.0 Å². The number of amides is 1. The first-order valence-corrected chi connectivity index (χ1v) is 5.28. The minimum Gasteiger partial charge on any atom is -0.491 e. The molecule has 0 fully saturated rings. The Morgan fingerprint density at radius 3 is 2.29 bits per heavy atom. The minimum atomic E-state index is -0.113. The molecule has 0 bridgehead atoms. The number of hydrogen-bond acceptors (Lipinski definition) is 3. The van der Waals surface area contributed by atoms with E-state index < -0.39 is 0 Å². The summed E-state index contributed by atoms with van der Waals surface area (Å²) in [5.41, 5.74) is 6.10. The summed E-state index contributed by atoms with van der Waals surface area (Å²) in [7, 11) is 1.70. The molecule has 0 saturated carbocycles. The number of rotatable bonds is 4. The number of hydrogen-bond donors (Lipinski definition) is 1. The van der Waals surface area contributed by atoms with E-state index in [9.17, 15) is 4.79 Å². The fourth-order valence-electron chi connectivity index (χ4n) is 1.30. The fourth-order valence-corrected chi connectivity index (χ4v) is 1.30. The predicted octanol–water partition coefficient (Wildman–Crippen LogP) is 1.82. The molecule has 1 aromatic carbocycles.